The van der Waals surface area contributed by atoms with Crippen molar-refractivity contribution in [3.8, 4) is 11.5 Å². The molecule has 0 radical (unpaired) electrons. The standard InChI is InChI=1S/C31H36N2O4/c1-19-4-3-5-20(16-19)8-13-27(35)32(2)24-11-12-26-30-14-15-33(18-21-6-7-21)25(31(24,30)36)17-22-9-10-23(34)29(37-26)28(22)30/h3-5,8-10,13,16,21,24-26,34,36H,6-7,11-12,14-15,17-18H2,1-2H3/t24-,25+,26-,30+,31+/m0/s1. The molecular formula is C31H36N2O4. The molecule has 194 valence electrons. The molecule has 2 aliphatic heterocycles. The molecular weight excluding hydrogens is 464 g/mol. The van der Waals surface area contributed by atoms with Gasteiger partial charge in [-0.2, -0.15) is 0 Å². The highest BCUT2D eigenvalue weighted by molar-refractivity contribution is 5.92. The molecule has 0 aromatic heterocycles. The number of phenols is 1. The first-order chi connectivity index (χ1) is 17.8. The van der Waals surface area contributed by atoms with Gasteiger partial charge in [-0.15, -0.1) is 0 Å². The Labute approximate surface area is 218 Å². The number of ether oxygens (including phenoxy) is 1. The van der Waals surface area contributed by atoms with Crippen LogP contribution in [0, 0.1) is 12.8 Å². The maximum Gasteiger partial charge on any atom is 0.246 e. The summed E-state index contributed by atoms with van der Waals surface area (Å²) >= 11 is 0. The molecule has 37 heavy (non-hydrogen) atoms. The molecule has 5 atom stereocenters. The molecule has 2 N–H and O–H groups in total. The molecule has 1 spiro atoms. The van der Waals surface area contributed by atoms with Gasteiger partial charge in [0.1, 0.15) is 11.7 Å². The number of hydrogen-bond acceptors (Lipinski definition) is 5. The highest BCUT2D eigenvalue weighted by Gasteiger charge is 2.74. The molecule has 2 heterocycles. The summed E-state index contributed by atoms with van der Waals surface area (Å²) in [5.74, 6) is 1.33. The average Bonchev–Trinajstić information content (AvgIpc) is 3.63. The number of nitrogens with zero attached hydrogens (tertiary/aromatic N) is 2. The van der Waals surface area contributed by atoms with Crippen molar-refractivity contribution in [2.45, 2.75) is 74.7 Å². The summed E-state index contributed by atoms with van der Waals surface area (Å²) in [6.07, 6.45) is 8.74. The topological polar surface area (TPSA) is 73.2 Å². The van der Waals surface area contributed by atoms with E-state index in [1.165, 1.54) is 18.4 Å². The second kappa shape index (κ2) is 8.08. The molecule has 5 aliphatic rings. The Bertz CT molecular complexity index is 1300. The van der Waals surface area contributed by atoms with E-state index in [0.29, 0.717) is 24.5 Å². The highest BCUT2D eigenvalue weighted by atomic mass is 16.5. The number of hydrogen-bond donors (Lipinski definition) is 2. The zero-order valence-corrected chi connectivity index (χ0v) is 21.7. The molecule has 0 unspecified atom stereocenters. The van der Waals surface area contributed by atoms with Crippen molar-refractivity contribution in [1.29, 1.82) is 0 Å². The molecule has 7 rings (SSSR count). The van der Waals surface area contributed by atoms with E-state index in [1.54, 1.807) is 17.0 Å². The van der Waals surface area contributed by atoms with E-state index in [0.717, 1.165) is 42.6 Å². The van der Waals surface area contributed by atoms with Crippen LogP contribution in [0.15, 0.2) is 42.5 Å². The minimum atomic E-state index is -1.16. The number of amides is 1. The van der Waals surface area contributed by atoms with Crippen molar-refractivity contribution in [3.05, 3.63) is 64.7 Å². The van der Waals surface area contributed by atoms with Crippen LogP contribution in [-0.2, 0) is 16.6 Å². The fourth-order valence-corrected chi connectivity index (χ4v) is 8.19. The summed E-state index contributed by atoms with van der Waals surface area (Å²) in [6, 6.07) is 11.4. The number of carbonyl (C=O) groups excluding carboxylic acids is 1. The molecule has 3 aliphatic carbocycles. The Hall–Kier alpha value is -2.83. The predicted octanol–water partition coefficient (Wildman–Crippen LogP) is 3.81. The Balaban J connectivity index is 1.30. The zero-order valence-electron chi connectivity index (χ0n) is 21.7. The monoisotopic (exact) mass is 500 g/mol. The van der Waals surface area contributed by atoms with E-state index >= 15 is 0 Å². The largest absolute Gasteiger partial charge is 0.504 e. The van der Waals surface area contributed by atoms with E-state index < -0.39 is 11.0 Å². The van der Waals surface area contributed by atoms with Gasteiger partial charge in [-0.05, 0) is 81.2 Å². The summed E-state index contributed by atoms with van der Waals surface area (Å²) in [7, 11) is 1.85. The van der Waals surface area contributed by atoms with E-state index in [2.05, 4.69) is 11.0 Å². The van der Waals surface area contributed by atoms with Crippen LogP contribution in [0.3, 0.4) is 0 Å². The van der Waals surface area contributed by atoms with Crippen LogP contribution in [0.5, 0.6) is 11.5 Å². The van der Waals surface area contributed by atoms with Crippen LogP contribution in [0.25, 0.3) is 6.08 Å². The van der Waals surface area contributed by atoms with Crippen molar-refractivity contribution < 1.29 is 19.7 Å². The van der Waals surface area contributed by atoms with Gasteiger partial charge in [-0.3, -0.25) is 9.69 Å². The fraction of sp³-hybridized carbons (Fsp3) is 0.516. The number of benzene rings is 2. The van der Waals surface area contributed by atoms with Crippen molar-refractivity contribution >= 4 is 12.0 Å². The van der Waals surface area contributed by atoms with Gasteiger partial charge in [0.25, 0.3) is 0 Å². The number of phenolic OH excluding ortho intramolecular Hbond substituents is 1. The normalized spacial score (nSPS) is 33.8. The van der Waals surface area contributed by atoms with Crippen LogP contribution >= 0.6 is 0 Å². The van der Waals surface area contributed by atoms with Crippen LogP contribution in [0.2, 0.25) is 0 Å². The summed E-state index contributed by atoms with van der Waals surface area (Å²) in [6.45, 7) is 3.96. The first kappa shape index (κ1) is 23.3. The van der Waals surface area contributed by atoms with Gasteiger partial charge < -0.3 is 19.8 Å². The quantitative estimate of drug-likeness (QED) is 0.611. The van der Waals surface area contributed by atoms with Gasteiger partial charge >= 0.3 is 0 Å². The number of carbonyl (C=O) groups is 1. The maximum atomic E-state index is 13.5. The minimum Gasteiger partial charge on any atom is -0.504 e. The maximum absolute atomic E-state index is 13.5. The first-order valence-electron chi connectivity index (χ1n) is 13.8. The molecule has 2 saturated carbocycles. The highest BCUT2D eigenvalue weighted by Crippen LogP contribution is 2.66. The van der Waals surface area contributed by atoms with Gasteiger partial charge in [0.05, 0.1) is 11.5 Å². The van der Waals surface area contributed by atoms with Gasteiger partial charge in [0.15, 0.2) is 11.5 Å². The third kappa shape index (κ3) is 3.21. The summed E-state index contributed by atoms with van der Waals surface area (Å²) in [5, 5.41) is 23.8. The molecule has 2 aromatic carbocycles. The SMILES string of the molecule is Cc1cccc(C=CC(=O)N(C)[C@H]2CC[C@@H]3Oc4c(O)ccc5c4[C@@]34CCN(CC3CC3)[C@H](C5)[C@]24O)c1. The number of likely N-dealkylation sites (N-methyl/N-ethyl adjacent to an activating group) is 1. The molecule has 6 heteroatoms. The lowest BCUT2D eigenvalue weighted by Gasteiger charge is -2.66. The smallest absolute Gasteiger partial charge is 0.246 e. The fourth-order valence-electron chi connectivity index (χ4n) is 8.19. The first-order valence-corrected chi connectivity index (χ1v) is 13.8. The van der Waals surface area contributed by atoms with E-state index in [9.17, 15) is 15.0 Å². The summed E-state index contributed by atoms with van der Waals surface area (Å²) in [5.41, 5.74) is 2.56. The van der Waals surface area contributed by atoms with Crippen LogP contribution < -0.4 is 4.74 Å². The number of aryl methyl sites for hydroxylation is 1. The van der Waals surface area contributed by atoms with Crippen molar-refractivity contribution in [2.75, 3.05) is 20.1 Å². The minimum absolute atomic E-state index is 0.0859. The van der Waals surface area contributed by atoms with Gasteiger partial charge in [-0.1, -0.05) is 35.9 Å². The number of piperidine rings is 1. The lowest BCUT2D eigenvalue weighted by molar-refractivity contribution is -0.217. The van der Waals surface area contributed by atoms with Crippen molar-refractivity contribution in [2.24, 2.45) is 5.92 Å². The third-order valence-corrected chi connectivity index (χ3v) is 10.0. The second-order valence-electron chi connectivity index (χ2n) is 12.0. The van der Waals surface area contributed by atoms with Crippen LogP contribution in [0.1, 0.15) is 54.4 Å². The number of likely N-dealkylation sites (tertiary alicyclic amines) is 1. The molecule has 2 aromatic rings. The summed E-state index contributed by atoms with van der Waals surface area (Å²) in [4.78, 5) is 17.8. The van der Waals surface area contributed by atoms with Crippen LogP contribution in [-0.4, -0.2) is 69.8 Å². The van der Waals surface area contributed by atoms with E-state index in [-0.39, 0.29) is 29.8 Å². The lowest BCUT2D eigenvalue weighted by Crippen LogP contribution is -2.81. The van der Waals surface area contributed by atoms with Crippen molar-refractivity contribution in [3.63, 3.8) is 0 Å². The predicted molar refractivity (Wildman–Crippen MR) is 142 cm³/mol. The van der Waals surface area contributed by atoms with Gasteiger partial charge in [0.2, 0.25) is 5.91 Å². The molecule has 1 saturated heterocycles. The van der Waals surface area contributed by atoms with Crippen LogP contribution in [0.4, 0.5) is 0 Å². The average molecular weight is 501 g/mol. The van der Waals surface area contributed by atoms with Crippen molar-refractivity contribution in [1.82, 2.24) is 9.80 Å². The molecule has 3 fully saturated rings. The molecule has 1 amide bonds. The number of rotatable bonds is 5. The zero-order chi connectivity index (χ0) is 25.5. The summed E-state index contributed by atoms with van der Waals surface area (Å²) < 4.78 is 6.46. The molecule has 2 bridgehead atoms. The number of aromatic hydroxyl groups is 1. The Morgan fingerprint density at radius 3 is 2.84 bits per heavy atom. The Morgan fingerprint density at radius 1 is 1.22 bits per heavy atom. The lowest BCUT2D eigenvalue weighted by atomic mass is 9.47. The Kier molecular flexibility index (Phi) is 5.09. The van der Waals surface area contributed by atoms with Gasteiger partial charge in [-0.25, -0.2) is 0 Å². The second-order valence-corrected chi connectivity index (χ2v) is 12.0. The Morgan fingerprint density at radius 2 is 2.05 bits per heavy atom. The molecule has 6 nitrogen and oxygen atoms in total. The van der Waals surface area contributed by atoms with E-state index in [4.69, 9.17) is 4.74 Å². The third-order valence-electron chi connectivity index (χ3n) is 10.0. The number of aliphatic hydroxyl groups is 1. The van der Waals surface area contributed by atoms with Gasteiger partial charge in [0, 0.05) is 31.3 Å². The van der Waals surface area contributed by atoms with E-state index in [1.807, 2.05) is 44.3 Å².